The van der Waals surface area contributed by atoms with E-state index < -0.39 is 10.0 Å². The van der Waals surface area contributed by atoms with E-state index in [9.17, 15) is 13.2 Å². The summed E-state index contributed by atoms with van der Waals surface area (Å²) in [6.07, 6.45) is 3.98. The van der Waals surface area contributed by atoms with Crippen LogP contribution in [0.2, 0.25) is 0 Å². The van der Waals surface area contributed by atoms with Crippen molar-refractivity contribution in [2.24, 2.45) is 0 Å². The van der Waals surface area contributed by atoms with E-state index in [1.807, 2.05) is 0 Å². The van der Waals surface area contributed by atoms with Crippen LogP contribution in [0.1, 0.15) is 48.4 Å². The van der Waals surface area contributed by atoms with Gasteiger partial charge in [-0.15, -0.1) is 0 Å². The van der Waals surface area contributed by atoms with E-state index in [-0.39, 0.29) is 11.2 Å². The summed E-state index contributed by atoms with van der Waals surface area (Å²) in [5.41, 5.74) is 0.292. The molecule has 0 radical (unpaired) electrons. The van der Waals surface area contributed by atoms with Crippen LogP contribution in [0.4, 0.5) is 0 Å². The fraction of sp³-hybridized carbons (Fsp3) is 0.733. The van der Waals surface area contributed by atoms with Crippen LogP contribution in [0, 0.1) is 6.92 Å². The predicted octanol–water partition coefficient (Wildman–Crippen LogP) is 1.40. The van der Waals surface area contributed by atoms with Crippen molar-refractivity contribution in [3.63, 3.8) is 0 Å². The van der Waals surface area contributed by atoms with Gasteiger partial charge in [-0.3, -0.25) is 4.79 Å². The van der Waals surface area contributed by atoms with Crippen LogP contribution in [0.3, 0.4) is 0 Å². The minimum atomic E-state index is -3.23. The van der Waals surface area contributed by atoms with Crippen molar-refractivity contribution in [2.75, 3.05) is 26.2 Å². The molecule has 0 atom stereocenters. The van der Waals surface area contributed by atoms with Gasteiger partial charge in [-0.25, -0.2) is 12.7 Å². The van der Waals surface area contributed by atoms with Gasteiger partial charge in [0.2, 0.25) is 10.0 Å². The number of rotatable bonds is 3. The Labute approximate surface area is 136 Å². The fourth-order valence-electron chi connectivity index (χ4n) is 3.32. The molecule has 2 fully saturated rings. The summed E-state index contributed by atoms with van der Waals surface area (Å²) in [6, 6.07) is 1.61. The molecule has 0 saturated carbocycles. The van der Waals surface area contributed by atoms with Gasteiger partial charge >= 0.3 is 0 Å². The lowest BCUT2D eigenvalue weighted by Gasteiger charge is -2.35. The highest BCUT2D eigenvalue weighted by Gasteiger charge is 2.36. The normalized spacial score (nSPS) is 21.5. The first kappa shape index (κ1) is 16.4. The summed E-state index contributed by atoms with van der Waals surface area (Å²) in [6.45, 7) is 3.91. The molecule has 7 nitrogen and oxygen atoms in total. The van der Waals surface area contributed by atoms with Crippen molar-refractivity contribution >= 4 is 15.9 Å². The van der Waals surface area contributed by atoms with Crippen LogP contribution in [0.5, 0.6) is 0 Å². The third kappa shape index (κ3) is 3.42. The van der Waals surface area contributed by atoms with Crippen LogP contribution < -0.4 is 0 Å². The molecule has 0 aliphatic carbocycles. The number of carbonyl (C=O) groups excluding carboxylic acids is 1. The second-order valence-corrected chi connectivity index (χ2v) is 8.53. The molecule has 23 heavy (non-hydrogen) atoms. The Morgan fingerprint density at radius 1 is 1.17 bits per heavy atom. The molecule has 1 amide bonds. The Morgan fingerprint density at radius 3 is 2.39 bits per heavy atom. The zero-order valence-corrected chi connectivity index (χ0v) is 14.2. The van der Waals surface area contributed by atoms with Crippen LogP contribution in [0.25, 0.3) is 0 Å². The third-order valence-corrected chi connectivity index (χ3v) is 7.07. The molecule has 0 bridgehead atoms. The zero-order valence-electron chi connectivity index (χ0n) is 13.4. The first-order chi connectivity index (χ1) is 11.0. The maximum Gasteiger partial charge on any atom is 0.276 e. The molecule has 1 aromatic rings. The lowest BCUT2D eigenvalue weighted by molar-refractivity contribution is 0.0714. The second kappa shape index (κ2) is 6.60. The van der Waals surface area contributed by atoms with Crippen molar-refractivity contribution in [2.45, 2.75) is 44.3 Å². The molecule has 1 aromatic heterocycles. The van der Waals surface area contributed by atoms with E-state index in [2.05, 4.69) is 5.16 Å². The summed E-state index contributed by atoms with van der Waals surface area (Å²) in [4.78, 5) is 14.0. The van der Waals surface area contributed by atoms with Crippen molar-refractivity contribution in [3.05, 3.63) is 17.5 Å². The van der Waals surface area contributed by atoms with E-state index in [0.29, 0.717) is 50.5 Å². The van der Waals surface area contributed by atoms with Crippen molar-refractivity contribution in [3.8, 4) is 0 Å². The van der Waals surface area contributed by atoms with Crippen LogP contribution in [0.15, 0.2) is 10.6 Å². The molecule has 2 aliphatic heterocycles. The first-order valence-corrected chi connectivity index (χ1v) is 9.70. The van der Waals surface area contributed by atoms with Gasteiger partial charge in [0.1, 0.15) is 5.76 Å². The Morgan fingerprint density at radius 2 is 1.83 bits per heavy atom. The van der Waals surface area contributed by atoms with Gasteiger partial charge in [0, 0.05) is 32.2 Å². The molecular weight excluding hydrogens is 318 g/mol. The van der Waals surface area contributed by atoms with Crippen LogP contribution >= 0.6 is 0 Å². The standard InChI is InChI=1S/C15H23N3O4S/c1-12-11-14(16-22-12)15(19)17-9-5-13(6-10-17)23(20,21)18-7-3-2-4-8-18/h11,13H,2-10H2,1H3. The Kier molecular flexibility index (Phi) is 4.72. The van der Waals surface area contributed by atoms with E-state index in [1.165, 1.54) is 0 Å². The van der Waals surface area contributed by atoms with Gasteiger partial charge in [-0.1, -0.05) is 11.6 Å². The van der Waals surface area contributed by atoms with Crippen LogP contribution in [-0.4, -0.2) is 60.1 Å². The third-order valence-electron chi connectivity index (χ3n) is 4.67. The van der Waals surface area contributed by atoms with E-state index in [1.54, 1.807) is 22.2 Å². The highest BCUT2D eigenvalue weighted by atomic mass is 32.2. The predicted molar refractivity (Wildman–Crippen MR) is 84.5 cm³/mol. The minimum Gasteiger partial charge on any atom is -0.361 e. The molecular formula is C15H23N3O4S. The molecule has 2 aliphatic rings. The maximum absolute atomic E-state index is 12.7. The number of piperidine rings is 2. The fourth-order valence-corrected chi connectivity index (χ4v) is 5.31. The van der Waals surface area contributed by atoms with Crippen molar-refractivity contribution < 1.29 is 17.7 Å². The highest BCUT2D eigenvalue weighted by Crippen LogP contribution is 2.24. The number of aromatic nitrogens is 1. The number of aryl methyl sites for hydroxylation is 1. The number of carbonyl (C=O) groups is 1. The Hall–Kier alpha value is -1.41. The molecule has 0 N–H and O–H groups in total. The average molecular weight is 341 g/mol. The van der Waals surface area contributed by atoms with E-state index in [0.717, 1.165) is 19.3 Å². The number of hydrogen-bond donors (Lipinski definition) is 0. The van der Waals surface area contributed by atoms with Gasteiger partial charge in [0.05, 0.1) is 5.25 Å². The number of amides is 1. The Balaban J connectivity index is 1.60. The summed E-state index contributed by atoms with van der Waals surface area (Å²) in [5.74, 6) is 0.409. The number of hydrogen-bond acceptors (Lipinski definition) is 5. The zero-order chi connectivity index (χ0) is 16.4. The monoisotopic (exact) mass is 341 g/mol. The molecule has 128 valence electrons. The molecule has 8 heteroatoms. The van der Waals surface area contributed by atoms with Gasteiger partial charge in [0.25, 0.3) is 5.91 Å². The smallest absolute Gasteiger partial charge is 0.276 e. The summed E-state index contributed by atoms with van der Waals surface area (Å²) < 4.78 is 31.9. The van der Waals surface area contributed by atoms with Gasteiger partial charge in [0.15, 0.2) is 5.69 Å². The number of sulfonamides is 1. The highest BCUT2D eigenvalue weighted by molar-refractivity contribution is 7.89. The molecule has 0 aromatic carbocycles. The molecule has 0 unspecified atom stereocenters. The van der Waals surface area contributed by atoms with Gasteiger partial charge in [-0.05, 0) is 32.6 Å². The largest absolute Gasteiger partial charge is 0.361 e. The van der Waals surface area contributed by atoms with E-state index in [4.69, 9.17) is 4.52 Å². The quantitative estimate of drug-likeness (QED) is 0.830. The van der Waals surface area contributed by atoms with Gasteiger partial charge in [-0.2, -0.15) is 0 Å². The molecule has 3 heterocycles. The molecule has 2 saturated heterocycles. The number of likely N-dealkylation sites (tertiary alicyclic amines) is 1. The summed E-state index contributed by atoms with van der Waals surface area (Å²) in [5, 5.41) is 3.37. The van der Waals surface area contributed by atoms with E-state index >= 15 is 0 Å². The SMILES string of the molecule is Cc1cc(C(=O)N2CCC(S(=O)(=O)N3CCCCC3)CC2)no1. The lowest BCUT2D eigenvalue weighted by atomic mass is 10.1. The van der Waals surface area contributed by atoms with Crippen LogP contribution in [-0.2, 0) is 10.0 Å². The minimum absolute atomic E-state index is 0.185. The molecule has 3 rings (SSSR count). The lowest BCUT2D eigenvalue weighted by Crippen LogP contribution is -2.48. The average Bonchev–Trinajstić information content (AvgIpc) is 3.01. The Bertz CT molecular complexity index is 656. The topological polar surface area (TPSA) is 83.7 Å². The van der Waals surface area contributed by atoms with Crippen molar-refractivity contribution in [1.29, 1.82) is 0 Å². The van der Waals surface area contributed by atoms with Gasteiger partial charge < -0.3 is 9.42 Å². The van der Waals surface area contributed by atoms with Crippen molar-refractivity contribution in [1.82, 2.24) is 14.4 Å². The first-order valence-electron chi connectivity index (χ1n) is 8.20. The molecule has 0 spiro atoms. The summed E-state index contributed by atoms with van der Waals surface area (Å²) >= 11 is 0. The maximum atomic E-state index is 12.7. The second-order valence-electron chi connectivity index (χ2n) is 6.32. The number of nitrogens with zero attached hydrogens (tertiary/aromatic N) is 3. The summed E-state index contributed by atoms with van der Waals surface area (Å²) in [7, 11) is -3.23.